The van der Waals surface area contributed by atoms with Gasteiger partial charge in [-0.1, -0.05) is 19.3 Å². The van der Waals surface area contributed by atoms with E-state index in [1.165, 1.54) is 32.1 Å². The molecule has 4 heteroatoms. The van der Waals surface area contributed by atoms with Gasteiger partial charge in [-0.05, 0) is 25.8 Å². The highest BCUT2D eigenvalue weighted by Crippen LogP contribution is 2.24. The van der Waals surface area contributed by atoms with Crippen LogP contribution in [0.5, 0.6) is 0 Å². The van der Waals surface area contributed by atoms with Crippen LogP contribution in [0.1, 0.15) is 43.5 Å². The van der Waals surface area contributed by atoms with Gasteiger partial charge in [0, 0.05) is 25.3 Å². The minimum Gasteiger partial charge on any atom is -0.341 e. The summed E-state index contributed by atoms with van der Waals surface area (Å²) in [6, 6.07) is 2.55. The van der Waals surface area contributed by atoms with Crippen molar-refractivity contribution in [1.29, 1.82) is 0 Å². The van der Waals surface area contributed by atoms with Crippen molar-refractivity contribution in [2.75, 3.05) is 11.9 Å². The second-order valence-corrected chi connectivity index (χ2v) is 4.91. The van der Waals surface area contributed by atoms with Crippen LogP contribution in [0.4, 0.5) is 5.95 Å². The van der Waals surface area contributed by atoms with E-state index in [4.69, 9.17) is 5.73 Å². The fraction of sp³-hybridized carbons (Fsp3) is 0.692. The molecule has 0 aromatic carbocycles. The molecule has 1 heterocycles. The molecule has 4 nitrogen and oxygen atoms in total. The second kappa shape index (κ2) is 5.45. The topological polar surface area (TPSA) is 55.0 Å². The van der Waals surface area contributed by atoms with Gasteiger partial charge in [0.15, 0.2) is 0 Å². The van der Waals surface area contributed by atoms with E-state index in [0.29, 0.717) is 12.6 Å². The standard InChI is InChI=1S/C13H22N4/c1-10-8-11(9-14)16-13(15-10)17(2)12-6-4-3-5-7-12/h8,12H,3-7,9,14H2,1-2H3. The third-order valence-electron chi connectivity index (χ3n) is 3.54. The van der Waals surface area contributed by atoms with E-state index < -0.39 is 0 Å². The van der Waals surface area contributed by atoms with E-state index >= 15 is 0 Å². The Balaban J connectivity index is 2.17. The Hall–Kier alpha value is -1.16. The van der Waals surface area contributed by atoms with Crippen molar-refractivity contribution in [1.82, 2.24) is 9.97 Å². The molecule has 2 rings (SSSR count). The van der Waals surface area contributed by atoms with Gasteiger partial charge in [0.1, 0.15) is 0 Å². The van der Waals surface area contributed by atoms with Gasteiger partial charge in [-0.25, -0.2) is 9.97 Å². The molecule has 0 aliphatic heterocycles. The highest BCUT2D eigenvalue weighted by atomic mass is 15.3. The Morgan fingerprint density at radius 3 is 2.65 bits per heavy atom. The van der Waals surface area contributed by atoms with Crippen LogP contribution in [0.2, 0.25) is 0 Å². The van der Waals surface area contributed by atoms with Crippen molar-refractivity contribution in [2.24, 2.45) is 5.73 Å². The van der Waals surface area contributed by atoms with Gasteiger partial charge < -0.3 is 10.6 Å². The van der Waals surface area contributed by atoms with Crippen LogP contribution in [0.25, 0.3) is 0 Å². The van der Waals surface area contributed by atoms with E-state index in [0.717, 1.165) is 17.3 Å². The summed E-state index contributed by atoms with van der Waals surface area (Å²) in [6.45, 7) is 2.48. The minimum absolute atomic E-state index is 0.481. The van der Waals surface area contributed by atoms with Crippen LogP contribution in [0.15, 0.2) is 6.07 Å². The molecule has 0 atom stereocenters. The fourth-order valence-corrected chi connectivity index (χ4v) is 2.51. The molecule has 1 aromatic rings. The third kappa shape index (κ3) is 2.94. The Labute approximate surface area is 103 Å². The van der Waals surface area contributed by atoms with Crippen molar-refractivity contribution < 1.29 is 0 Å². The van der Waals surface area contributed by atoms with Crippen molar-refractivity contribution >= 4 is 5.95 Å². The van der Waals surface area contributed by atoms with E-state index in [9.17, 15) is 0 Å². The van der Waals surface area contributed by atoms with Crippen LogP contribution >= 0.6 is 0 Å². The van der Waals surface area contributed by atoms with Crippen LogP contribution in [0.3, 0.4) is 0 Å². The van der Waals surface area contributed by atoms with Gasteiger partial charge in [0.05, 0.1) is 5.69 Å². The summed E-state index contributed by atoms with van der Waals surface area (Å²) in [5.41, 5.74) is 7.58. The summed E-state index contributed by atoms with van der Waals surface area (Å²) in [5, 5.41) is 0. The number of aromatic nitrogens is 2. The Morgan fingerprint density at radius 1 is 1.29 bits per heavy atom. The molecule has 2 N–H and O–H groups in total. The number of hydrogen-bond acceptors (Lipinski definition) is 4. The van der Waals surface area contributed by atoms with E-state index in [1.54, 1.807) is 0 Å². The lowest BCUT2D eigenvalue weighted by molar-refractivity contribution is 0.423. The maximum atomic E-state index is 5.66. The molecular formula is C13H22N4. The van der Waals surface area contributed by atoms with Crippen molar-refractivity contribution in [2.45, 2.75) is 51.6 Å². The van der Waals surface area contributed by atoms with Gasteiger partial charge in [0.25, 0.3) is 0 Å². The third-order valence-corrected chi connectivity index (χ3v) is 3.54. The van der Waals surface area contributed by atoms with Crippen LogP contribution in [-0.4, -0.2) is 23.1 Å². The van der Waals surface area contributed by atoms with Gasteiger partial charge in [0.2, 0.25) is 5.95 Å². The first-order chi connectivity index (χ1) is 8.20. The maximum Gasteiger partial charge on any atom is 0.225 e. The number of rotatable bonds is 3. The molecule has 1 aliphatic rings. The highest BCUT2D eigenvalue weighted by molar-refractivity contribution is 5.32. The van der Waals surface area contributed by atoms with Crippen LogP contribution in [-0.2, 0) is 6.54 Å². The monoisotopic (exact) mass is 234 g/mol. The fourth-order valence-electron chi connectivity index (χ4n) is 2.51. The number of nitrogens with zero attached hydrogens (tertiary/aromatic N) is 3. The van der Waals surface area contributed by atoms with Gasteiger partial charge >= 0.3 is 0 Å². The summed E-state index contributed by atoms with van der Waals surface area (Å²) in [7, 11) is 2.10. The minimum atomic E-state index is 0.481. The second-order valence-electron chi connectivity index (χ2n) is 4.91. The average molecular weight is 234 g/mol. The van der Waals surface area contributed by atoms with Gasteiger partial charge in [-0.3, -0.25) is 0 Å². The quantitative estimate of drug-likeness (QED) is 0.869. The molecular weight excluding hydrogens is 212 g/mol. The first-order valence-electron chi connectivity index (χ1n) is 6.48. The van der Waals surface area contributed by atoms with E-state index in [1.807, 2.05) is 13.0 Å². The molecule has 1 fully saturated rings. The van der Waals surface area contributed by atoms with Crippen molar-refractivity contribution in [3.63, 3.8) is 0 Å². The molecule has 1 saturated carbocycles. The predicted molar refractivity (Wildman–Crippen MR) is 69.9 cm³/mol. The molecule has 0 radical (unpaired) electrons. The number of aryl methyl sites for hydroxylation is 1. The summed E-state index contributed by atoms with van der Waals surface area (Å²) in [6.07, 6.45) is 6.53. The van der Waals surface area contributed by atoms with Crippen molar-refractivity contribution in [3.8, 4) is 0 Å². The molecule has 0 spiro atoms. The van der Waals surface area contributed by atoms with Crippen molar-refractivity contribution in [3.05, 3.63) is 17.5 Å². The number of hydrogen-bond donors (Lipinski definition) is 1. The molecule has 0 saturated heterocycles. The van der Waals surface area contributed by atoms with Gasteiger partial charge in [-0.15, -0.1) is 0 Å². The number of nitrogens with two attached hydrogens (primary N) is 1. The zero-order valence-corrected chi connectivity index (χ0v) is 10.8. The maximum absolute atomic E-state index is 5.66. The predicted octanol–water partition coefficient (Wildman–Crippen LogP) is 2.01. The Kier molecular flexibility index (Phi) is 3.94. The molecule has 17 heavy (non-hydrogen) atoms. The summed E-state index contributed by atoms with van der Waals surface area (Å²) in [5.74, 6) is 0.831. The smallest absolute Gasteiger partial charge is 0.225 e. The summed E-state index contributed by atoms with van der Waals surface area (Å²) < 4.78 is 0. The zero-order valence-electron chi connectivity index (χ0n) is 10.8. The molecule has 94 valence electrons. The van der Waals surface area contributed by atoms with Crippen LogP contribution in [0, 0.1) is 6.92 Å². The van der Waals surface area contributed by atoms with E-state index in [-0.39, 0.29) is 0 Å². The summed E-state index contributed by atoms with van der Waals surface area (Å²) in [4.78, 5) is 11.3. The highest BCUT2D eigenvalue weighted by Gasteiger charge is 2.20. The number of anilines is 1. The SMILES string of the molecule is Cc1cc(CN)nc(N(C)C2CCCCC2)n1. The largest absolute Gasteiger partial charge is 0.341 e. The molecule has 0 unspecified atom stereocenters. The Bertz CT molecular complexity index is 372. The molecule has 0 amide bonds. The lowest BCUT2D eigenvalue weighted by Crippen LogP contribution is -2.34. The Morgan fingerprint density at radius 2 is 2.00 bits per heavy atom. The lowest BCUT2D eigenvalue weighted by Gasteiger charge is -2.31. The summed E-state index contributed by atoms with van der Waals surface area (Å²) >= 11 is 0. The first-order valence-corrected chi connectivity index (χ1v) is 6.48. The molecule has 1 aliphatic carbocycles. The van der Waals surface area contributed by atoms with Gasteiger partial charge in [-0.2, -0.15) is 0 Å². The van der Waals surface area contributed by atoms with E-state index in [2.05, 4.69) is 21.9 Å². The lowest BCUT2D eigenvalue weighted by atomic mass is 9.95. The molecule has 1 aromatic heterocycles. The molecule has 0 bridgehead atoms. The van der Waals surface area contributed by atoms with Crippen LogP contribution < -0.4 is 10.6 Å². The normalized spacial score (nSPS) is 17.1. The zero-order chi connectivity index (χ0) is 12.3. The average Bonchev–Trinajstić information content (AvgIpc) is 2.38. The first kappa shape index (κ1) is 12.3.